The predicted molar refractivity (Wildman–Crippen MR) is 110 cm³/mol. The van der Waals surface area contributed by atoms with Gasteiger partial charge in [0.1, 0.15) is 11.6 Å². The zero-order chi connectivity index (χ0) is 22.2. The van der Waals surface area contributed by atoms with Crippen LogP contribution in [0.5, 0.6) is 0 Å². The number of aryl methyl sites for hydroxylation is 1. The van der Waals surface area contributed by atoms with Crippen LogP contribution in [0.2, 0.25) is 0 Å². The molecule has 0 amide bonds. The molecule has 3 aromatic rings. The minimum Gasteiger partial charge on any atom is -0.365 e. The van der Waals surface area contributed by atoms with Gasteiger partial charge in [0.05, 0.1) is 22.4 Å². The Balaban J connectivity index is 1.79. The number of fused-ring (bicyclic) bond motifs is 1. The number of pyridine rings is 1. The third kappa shape index (κ3) is 3.66. The molecule has 1 saturated carbocycles. The molecule has 1 fully saturated rings. The third-order valence-electron chi connectivity index (χ3n) is 5.50. The van der Waals surface area contributed by atoms with Gasteiger partial charge in [-0.05, 0) is 36.8 Å². The van der Waals surface area contributed by atoms with Crippen molar-refractivity contribution in [3.8, 4) is 18.4 Å². The largest absolute Gasteiger partial charge is 0.365 e. The lowest BCUT2D eigenvalue weighted by molar-refractivity contribution is 0.146. The summed E-state index contributed by atoms with van der Waals surface area (Å²) in [6.45, 7) is 1.86. The second-order valence-electron chi connectivity index (χ2n) is 7.42. The van der Waals surface area contributed by atoms with E-state index in [4.69, 9.17) is 6.42 Å². The SMILES string of the molecule is C#Cc1nc(NCc2cccc(C(F)F)c2F)c2cc(C3(C#N)CC3)c(CC)nc2n1. The minimum absolute atomic E-state index is 0.0702. The molecule has 0 bridgehead atoms. The molecule has 1 aliphatic carbocycles. The van der Waals surface area contributed by atoms with E-state index in [1.807, 2.05) is 13.0 Å². The number of hydrogen-bond acceptors (Lipinski definition) is 5. The molecule has 0 saturated heterocycles. The summed E-state index contributed by atoms with van der Waals surface area (Å²) in [7, 11) is 0. The molecule has 5 nitrogen and oxygen atoms in total. The van der Waals surface area contributed by atoms with E-state index in [1.165, 1.54) is 12.1 Å². The number of halogens is 3. The number of anilines is 1. The Morgan fingerprint density at radius 3 is 2.65 bits per heavy atom. The number of alkyl halides is 2. The highest BCUT2D eigenvalue weighted by Crippen LogP contribution is 2.49. The van der Waals surface area contributed by atoms with Crippen molar-refractivity contribution in [2.24, 2.45) is 0 Å². The Labute approximate surface area is 177 Å². The molecule has 4 rings (SSSR count). The van der Waals surface area contributed by atoms with E-state index in [-0.39, 0.29) is 17.9 Å². The number of nitriles is 1. The summed E-state index contributed by atoms with van der Waals surface area (Å²) < 4.78 is 40.4. The highest BCUT2D eigenvalue weighted by atomic mass is 19.3. The fourth-order valence-corrected chi connectivity index (χ4v) is 3.62. The third-order valence-corrected chi connectivity index (χ3v) is 5.50. The van der Waals surface area contributed by atoms with Gasteiger partial charge in [0.15, 0.2) is 5.65 Å². The van der Waals surface area contributed by atoms with E-state index >= 15 is 0 Å². The molecule has 1 N–H and O–H groups in total. The van der Waals surface area contributed by atoms with Crippen LogP contribution in [0.15, 0.2) is 24.3 Å². The summed E-state index contributed by atoms with van der Waals surface area (Å²) >= 11 is 0. The first kappa shape index (κ1) is 20.6. The van der Waals surface area contributed by atoms with E-state index in [0.717, 1.165) is 30.2 Å². The van der Waals surface area contributed by atoms with Gasteiger partial charge in [-0.2, -0.15) is 5.26 Å². The van der Waals surface area contributed by atoms with Crippen LogP contribution in [0, 0.1) is 29.5 Å². The maximum absolute atomic E-state index is 14.4. The minimum atomic E-state index is -2.91. The normalized spacial score (nSPS) is 14.3. The van der Waals surface area contributed by atoms with Crippen LogP contribution in [-0.4, -0.2) is 15.0 Å². The van der Waals surface area contributed by atoms with Crippen LogP contribution in [0.4, 0.5) is 19.0 Å². The molecular weight excluding hydrogens is 403 g/mol. The molecule has 0 radical (unpaired) electrons. The highest BCUT2D eigenvalue weighted by molar-refractivity contribution is 5.88. The van der Waals surface area contributed by atoms with Gasteiger partial charge < -0.3 is 5.32 Å². The molecule has 0 spiro atoms. The molecule has 156 valence electrons. The van der Waals surface area contributed by atoms with Crippen LogP contribution in [0.1, 0.15) is 54.4 Å². The van der Waals surface area contributed by atoms with Crippen LogP contribution < -0.4 is 5.32 Å². The van der Waals surface area contributed by atoms with Crippen molar-refractivity contribution in [1.29, 1.82) is 5.26 Å². The zero-order valence-corrected chi connectivity index (χ0v) is 16.7. The lowest BCUT2D eigenvalue weighted by atomic mass is 9.94. The lowest BCUT2D eigenvalue weighted by Crippen LogP contribution is -2.12. The smallest absolute Gasteiger partial charge is 0.266 e. The van der Waals surface area contributed by atoms with E-state index < -0.39 is 23.2 Å². The number of aromatic nitrogens is 3. The first-order valence-corrected chi connectivity index (χ1v) is 9.81. The van der Waals surface area contributed by atoms with E-state index in [1.54, 1.807) is 0 Å². The summed E-state index contributed by atoms with van der Waals surface area (Å²) in [4.78, 5) is 13.2. The second-order valence-corrected chi connectivity index (χ2v) is 7.42. The number of terminal acetylenes is 1. The Kier molecular flexibility index (Phi) is 5.24. The number of rotatable bonds is 6. The van der Waals surface area contributed by atoms with Crippen molar-refractivity contribution >= 4 is 16.9 Å². The molecule has 1 aliphatic rings. The summed E-state index contributed by atoms with van der Waals surface area (Å²) in [6, 6.07) is 8.07. The maximum atomic E-state index is 14.4. The predicted octanol–water partition coefficient (Wildman–Crippen LogP) is 4.81. The first-order valence-electron chi connectivity index (χ1n) is 9.81. The number of hydrogen-bond donors (Lipinski definition) is 1. The van der Waals surface area contributed by atoms with Crippen molar-refractivity contribution in [3.05, 3.63) is 58.3 Å². The Morgan fingerprint density at radius 2 is 2.03 bits per heavy atom. The Hall–Kier alpha value is -3.65. The number of nitrogens with one attached hydrogen (secondary N) is 1. The summed E-state index contributed by atoms with van der Waals surface area (Å²) in [5.41, 5.74) is 0.817. The summed E-state index contributed by atoms with van der Waals surface area (Å²) in [5, 5.41) is 13.2. The molecule has 1 aromatic carbocycles. The van der Waals surface area contributed by atoms with Crippen LogP contribution in [-0.2, 0) is 18.4 Å². The van der Waals surface area contributed by atoms with Crippen molar-refractivity contribution in [1.82, 2.24) is 15.0 Å². The molecule has 31 heavy (non-hydrogen) atoms. The van der Waals surface area contributed by atoms with Crippen LogP contribution >= 0.6 is 0 Å². The average molecular weight is 421 g/mol. The molecule has 2 aromatic heterocycles. The molecule has 0 aliphatic heterocycles. The van der Waals surface area contributed by atoms with E-state index in [2.05, 4.69) is 32.3 Å². The first-order chi connectivity index (χ1) is 14.9. The van der Waals surface area contributed by atoms with Gasteiger partial charge in [-0.1, -0.05) is 25.1 Å². The quantitative estimate of drug-likeness (QED) is 0.578. The molecular formula is C23H18F3N5. The van der Waals surface area contributed by atoms with Crippen molar-refractivity contribution in [2.45, 2.75) is 44.6 Å². The fraction of sp³-hybridized carbons (Fsp3) is 0.304. The van der Waals surface area contributed by atoms with Crippen molar-refractivity contribution in [2.75, 3.05) is 5.32 Å². The van der Waals surface area contributed by atoms with Gasteiger partial charge in [-0.15, -0.1) is 6.42 Å². The highest BCUT2D eigenvalue weighted by Gasteiger charge is 2.46. The molecule has 8 heteroatoms. The van der Waals surface area contributed by atoms with Gasteiger partial charge >= 0.3 is 0 Å². The lowest BCUT2D eigenvalue weighted by Gasteiger charge is -2.15. The molecule has 0 atom stereocenters. The van der Waals surface area contributed by atoms with Crippen molar-refractivity contribution in [3.63, 3.8) is 0 Å². The Bertz CT molecular complexity index is 1250. The Morgan fingerprint density at radius 1 is 1.26 bits per heavy atom. The van der Waals surface area contributed by atoms with Crippen LogP contribution in [0.25, 0.3) is 11.0 Å². The van der Waals surface area contributed by atoms with Gasteiger partial charge in [-0.3, -0.25) is 0 Å². The monoisotopic (exact) mass is 421 g/mol. The number of benzene rings is 1. The molecule has 2 heterocycles. The fourth-order valence-electron chi connectivity index (χ4n) is 3.62. The van der Waals surface area contributed by atoms with Crippen molar-refractivity contribution < 1.29 is 13.2 Å². The van der Waals surface area contributed by atoms with E-state index in [0.29, 0.717) is 23.3 Å². The summed E-state index contributed by atoms with van der Waals surface area (Å²) in [6.07, 6.45) is 4.70. The molecule has 0 unspecified atom stereocenters. The number of nitrogens with zero attached hydrogens (tertiary/aromatic N) is 4. The van der Waals surface area contributed by atoms with Gasteiger partial charge in [0.2, 0.25) is 5.82 Å². The van der Waals surface area contributed by atoms with Gasteiger partial charge in [-0.25, -0.2) is 28.1 Å². The van der Waals surface area contributed by atoms with Crippen LogP contribution in [0.3, 0.4) is 0 Å². The van der Waals surface area contributed by atoms with Gasteiger partial charge in [0, 0.05) is 17.8 Å². The second kappa shape index (κ2) is 7.88. The standard InChI is InChI=1S/C23H18F3N5/c1-3-17-16(23(12-27)8-9-23)10-15-21(30-18(4-2)31-22(15)29-17)28-11-13-6-5-7-14(19(13)24)20(25)26/h2,5-7,10,20H,3,8-9,11H2,1H3,(H,28,29,30,31). The average Bonchev–Trinajstić information content (AvgIpc) is 3.58. The summed E-state index contributed by atoms with van der Waals surface area (Å²) in [5.74, 6) is 1.82. The maximum Gasteiger partial charge on any atom is 0.266 e. The van der Waals surface area contributed by atoms with E-state index in [9.17, 15) is 18.4 Å². The zero-order valence-electron chi connectivity index (χ0n) is 16.7. The van der Waals surface area contributed by atoms with Gasteiger partial charge in [0.25, 0.3) is 6.43 Å². The topological polar surface area (TPSA) is 74.5 Å².